The van der Waals surface area contributed by atoms with Crippen LogP contribution >= 0.6 is 0 Å². The Balaban J connectivity index is 1.66. The molecule has 1 unspecified atom stereocenters. The molecule has 1 fully saturated rings. The fraction of sp³-hybridized carbons (Fsp3) is 0.391. The molecule has 1 saturated heterocycles. The summed E-state index contributed by atoms with van der Waals surface area (Å²) in [5.41, 5.74) is 1.76. The minimum Gasteiger partial charge on any atom is -0.497 e. The summed E-state index contributed by atoms with van der Waals surface area (Å²) in [5.74, 6) is 1.45. The number of hydrogen-bond acceptors (Lipinski definition) is 7. The third-order valence-electron chi connectivity index (χ3n) is 5.03. The van der Waals surface area contributed by atoms with E-state index < -0.39 is 30.7 Å². The molecule has 1 aliphatic heterocycles. The number of hydrogen-bond donors (Lipinski definition) is 2. The van der Waals surface area contributed by atoms with Crippen LogP contribution in [0.4, 0.5) is 0 Å². The average molecular weight is 416 g/mol. The van der Waals surface area contributed by atoms with Gasteiger partial charge >= 0.3 is 0 Å². The Morgan fingerprint density at radius 3 is 2.43 bits per heavy atom. The molecule has 0 bridgehead atoms. The molecule has 0 aromatic heterocycles. The summed E-state index contributed by atoms with van der Waals surface area (Å²) in [7, 11) is 3.20. The van der Waals surface area contributed by atoms with Crippen LogP contribution in [-0.4, -0.2) is 55.1 Å². The molecule has 1 heterocycles. The molecule has 0 spiro atoms. The molecule has 0 saturated carbocycles. The van der Waals surface area contributed by atoms with Gasteiger partial charge in [-0.15, -0.1) is 6.58 Å². The van der Waals surface area contributed by atoms with Crippen LogP contribution in [0.25, 0.3) is 0 Å². The van der Waals surface area contributed by atoms with Crippen LogP contribution in [0.5, 0.6) is 11.5 Å². The highest BCUT2D eigenvalue weighted by Gasteiger charge is 2.47. The SMILES string of the molecule is C=C[C@H](OCc1ccccc1OC)[C@H]1OC(O)[C@H](O)[C@H]1OCc1ccc(OC)cc1. The molecule has 2 aromatic rings. The average Bonchev–Trinajstić information content (AvgIpc) is 3.07. The van der Waals surface area contributed by atoms with Crippen LogP contribution in [-0.2, 0) is 27.4 Å². The number of benzene rings is 2. The van der Waals surface area contributed by atoms with Crippen LogP contribution in [0.15, 0.2) is 61.2 Å². The van der Waals surface area contributed by atoms with E-state index in [1.807, 2.05) is 48.5 Å². The van der Waals surface area contributed by atoms with E-state index in [1.54, 1.807) is 20.3 Å². The second-order valence-corrected chi connectivity index (χ2v) is 6.93. The first-order chi connectivity index (χ1) is 14.6. The number of methoxy groups -OCH3 is 2. The Kier molecular flexibility index (Phi) is 7.84. The van der Waals surface area contributed by atoms with Gasteiger partial charge in [0.05, 0.1) is 27.4 Å². The third-order valence-corrected chi connectivity index (χ3v) is 5.03. The summed E-state index contributed by atoms with van der Waals surface area (Å²) >= 11 is 0. The van der Waals surface area contributed by atoms with Crippen LogP contribution in [0.3, 0.4) is 0 Å². The minimum atomic E-state index is -1.37. The summed E-state index contributed by atoms with van der Waals surface area (Å²) in [5, 5.41) is 20.4. The minimum absolute atomic E-state index is 0.231. The van der Waals surface area contributed by atoms with Crippen molar-refractivity contribution >= 4 is 0 Å². The Bertz CT molecular complexity index is 807. The molecule has 1 aliphatic rings. The van der Waals surface area contributed by atoms with Crippen molar-refractivity contribution < 1.29 is 33.9 Å². The molecular weight excluding hydrogens is 388 g/mol. The molecule has 2 N–H and O–H groups in total. The first-order valence-electron chi connectivity index (χ1n) is 9.69. The Morgan fingerprint density at radius 1 is 1.03 bits per heavy atom. The van der Waals surface area contributed by atoms with Gasteiger partial charge in [-0.05, 0) is 23.8 Å². The Morgan fingerprint density at radius 2 is 1.77 bits per heavy atom. The first-order valence-corrected chi connectivity index (χ1v) is 9.69. The monoisotopic (exact) mass is 416 g/mol. The van der Waals surface area contributed by atoms with Gasteiger partial charge in [0.15, 0.2) is 6.29 Å². The fourth-order valence-electron chi connectivity index (χ4n) is 3.35. The molecule has 0 radical (unpaired) electrons. The largest absolute Gasteiger partial charge is 0.497 e. The van der Waals surface area contributed by atoms with E-state index in [0.29, 0.717) is 5.75 Å². The molecular formula is C23H28O7. The van der Waals surface area contributed by atoms with Crippen molar-refractivity contribution in [3.8, 4) is 11.5 Å². The molecule has 5 atom stereocenters. The van der Waals surface area contributed by atoms with Crippen LogP contribution in [0.2, 0.25) is 0 Å². The Hall–Kier alpha value is -2.42. The second-order valence-electron chi connectivity index (χ2n) is 6.93. The summed E-state index contributed by atoms with van der Waals surface area (Å²) in [6.07, 6.45) is -3.11. The van der Waals surface area contributed by atoms with Crippen molar-refractivity contribution in [2.75, 3.05) is 14.2 Å². The number of aliphatic hydroxyl groups is 2. The van der Waals surface area contributed by atoms with E-state index in [0.717, 1.165) is 16.9 Å². The zero-order chi connectivity index (χ0) is 21.5. The van der Waals surface area contributed by atoms with Crippen LogP contribution < -0.4 is 9.47 Å². The van der Waals surface area contributed by atoms with Gasteiger partial charge < -0.3 is 33.9 Å². The number of ether oxygens (including phenoxy) is 5. The lowest BCUT2D eigenvalue weighted by molar-refractivity contribution is -0.149. The lowest BCUT2D eigenvalue weighted by atomic mass is 10.1. The highest BCUT2D eigenvalue weighted by Crippen LogP contribution is 2.29. The van der Waals surface area contributed by atoms with Gasteiger partial charge in [-0.2, -0.15) is 0 Å². The highest BCUT2D eigenvalue weighted by molar-refractivity contribution is 5.32. The number of aliphatic hydroxyl groups excluding tert-OH is 2. The molecule has 162 valence electrons. The van der Waals surface area contributed by atoms with Gasteiger partial charge in [-0.1, -0.05) is 36.4 Å². The predicted octanol–water partition coefficient (Wildman–Crippen LogP) is 2.44. The summed E-state index contributed by atoms with van der Waals surface area (Å²) in [6.45, 7) is 4.29. The van der Waals surface area contributed by atoms with Crippen LogP contribution in [0, 0.1) is 0 Å². The lowest BCUT2D eigenvalue weighted by Gasteiger charge is -2.26. The van der Waals surface area contributed by atoms with E-state index in [1.165, 1.54) is 0 Å². The van der Waals surface area contributed by atoms with Gasteiger partial charge in [0.2, 0.25) is 0 Å². The topological polar surface area (TPSA) is 86.6 Å². The quantitative estimate of drug-likeness (QED) is 0.575. The van der Waals surface area contributed by atoms with E-state index in [-0.39, 0.29) is 13.2 Å². The van der Waals surface area contributed by atoms with Crippen molar-refractivity contribution in [2.45, 2.75) is 43.9 Å². The van der Waals surface area contributed by atoms with Crippen molar-refractivity contribution in [1.29, 1.82) is 0 Å². The molecule has 7 nitrogen and oxygen atoms in total. The van der Waals surface area contributed by atoms with Gasteiger partial charge in [0, 0.05) is 5.56 Å². The fourth-order valence-corrected chi connectivity index (χ4v) is 3.35. The zero-order valence-electron chi connectivity index (χ0n) is 17.1. The maximum Gasteiger partial charge on any atom is 0.184 e. The van der Waals surface area contributed by atoms with E-state index >= 15 is 0 Å². The van der Waals surface area contributed by atoms with E-state index in [4.69, 9.17) is 23.7 Å². The van der Waals surface area contributed by atoms with Crippen LogP contribution in [0.1, 0.15) is 11.1 Å². The second kappa shape index (κ2) is 10.6. The maximum absolute atomic E-state index is 10.4. The molecule has 0 aliphatic carbocycles. The number of para-hydroxylation sites is 1. The molecule has 2 aromatic carbocycles. The van der Waals surface area contributed by atoms with Gasteiger partial charge in [-0.25, -0.2) is 0 Å². The highest BCUT2D eigenvalue weighted by atomic mass is 16.7. The third kappa shape index (κ3) is 5.19. The normalized spacial score (nSPS) is 24.4. The summed E-state index contributed by atoms with van der Waals surface area (Å²) in [6, 6.07) is 14.9. The molecule has 30 heavy (non-hydrogen) atoms. The summed E-state index contributed by atoms with van der Waals surface area (Å²) in [4.78, 5) is 0. The van der Waals surface area contributed by atoms with E-state index in [2.05, 4.69) is 6.58 Å². The van der Waals surface area contributed by atoms with Crippen molar-refractivity contribution in [3.05, 3.63) is 72.3 Å². The molecule has 0 amide bonds. The zero-order valence-corrected chi connectivity index (χ0v) is 17.1. The smallest absolute Gasteiger partial charge is 0.184 e. The van der Waals surface area contributed by atoms with Gasteiger partial charge in [-0.3, -0.25) is 0 Å². The van der Waals surface area contributed by atoms with Crippen molar-refractivity contribution in [3.63, 3.8) is 0 Å². The van der Waals surface area contributed by atoms with Crippen molar-refractivity contribution in [1.82, 2.24) is 0 Å². The predicted molar refractivity (Wildman–Crippen MR) is 110 cm³/mol. The standard InChI is InChI=1S/C23H28O7/c1-4-18(28-14-16-7-5-6-8-19(16)27-3)21-22(20(24)23(25)30-21)29-13-15-9-11-17(26-2)12-10-15/h4-12,18,20-25H,1,13-14H2,2-3H3/t18-,20+,21+,22+,23?/m0/s1. The maximum atomic E-state index is 10.4. The summed E-state index contributed by atoms with van der Waals surface area (Å²) < 4.78 is 27.9. The van der Waals surface area contributed by atoms with E-state index in [9.17, 15) is 10.2 Å². The molecule has 7 heteroatoms. The van der Waals surface area contributed by atoms with Gasteiger partial charge in [0.25, 0.3) is 0 Å². The lowest BCUT2D eigenvalue weighted by Crippen LogP contribution is -2.41. The first kappa shape index (κ1) is 22.3. The number of rotatable bonds is 10. The van der Waals surface area contributed by atoms with Gasteiger partial charge in [0.1, 0.15) is 35.9 Å². The molecule has 3 rings (SSSR count). The Labute approximate surface area is 176 Å². The van der Waals surface area contributed by atoms with Crippen molar-refractivity contribution in [2.24, 2.45) is 0 Å².